The molecule has 224 valence electrons. The highest BCUT2D eigenvalue weighted by Gasteiger charge is 2.61. The van der Waals surface area contributed by atoms with E-state index >= 15 is 8.78 Å². The normalized spacial score (nSPS) is 22.4. The van der Waals surface area contributed by atoms with Crippen molar-refractivity contribution < 1.29 is 46.9 Å². The van der Waals surface area contributed by atoms with Crippen molar-refractivity contribution >= 4 is 35.1 Å². The van der Waals surface area contributed by atoms with E-state index in [4.69, 9.17) is 33.1 Å². The number of halogens is 7. The summed E-state index contributed by atoms with van der Waals surface area (Å²) < 4.78 is 62.4. The number of aliphatic carboxylic acids is 2. The van der Waals surface area contributed by atoms with Gasteiger partial charge in [-0.05, 0) is 48.4 Å². The second-order valence-corrected chi connectivity index (χ2v) is 10.5. The summed E-state index contributed by atoms with van der Waals surface area (Å²) in [6.45, 7) is 3.56. The molecule has 1 aliphatic heterocycles. The molecule has 0 spiro atoms. The minimum absolute atomic E-state index is 0.0935. The SMILES string of the molecule is CCC(CC)(CO)CC1NC(C(=O)O)C(c2cccc(Cl)c2F)C1(C#N)c1ccc(Cl)cc1F.O=C(O)C(F)(F)F. The topological polar surface area (TPSA) is 131 Å². The molecule has 0 bridgehead atoms. The first kappa shape index (κ1) is 34.2. The second kappa shape index (κ2) is 13.3. The van der Waals surface area contributed by atoms with E-state index in [2.05, 4.69) is 11.4 Å². The molecular weight excluding hydrogens is 598 g/mol. The number of benzene rings is 2. The fraction of sp³-hybridized carbons (Fsp3) is 0.444. The molecule has 4 N–H and O–H groups in total. The Bertz CT molecular complexity index is 1310. The third-order valence-electron chi connectivity index (χ3n) is 7.61. The van der Waals surface area contributed by atoms with Crippen molar-refractivity contribution in [3.8, 4) is 6.07 Å². The van der Waals surface area contributed by atoms with Gasteiger partial charge in [0.05, 0.1) is 11.1 Å². The zero-order chi connectivity index (χ0) is 31.3. The Kier molecular flexibility index (Phi) is 11.1. The van der Waals surface area contributed by atoms with Gasteiger partial charge in [-0.15, -0.1) is 0 Å². The van der Waals surface area contributed by atoms with E-state index in [1.54, 1.807) is 0 Å². The lowest BCUT2D eigenvalue weighted by Gasteiger charge is -2.39. The lowest BCUT2D eigenvalue weighted by atomic mass is 9.61. The number of aliphatic hydroxyl groups is 1. The van der Waals surface area contributed by atoms with Crippen LogP contribution in [0.3, 0.4) is 0 Å². The molecule has 14 heteroatoms. The Morgan fingerprint density at radius 2 is 1.68 bits per heavy atom. The van der Waals surface area contributed by atoms with E-state index < -0.39 is 58.6 Å². The Hall–Kier alpha value is -2.98. The summed E-state index contributed by atoms with van der Waals surface area (Å²) in [5.74, 6) is -7.06. The minimum Gasteiger partial charge on any atom is -0.480 e. The number of hydrogen-bond acceptors (Lipinski definition) is 5. The Morgan fingerprint density at radius 3 is 2.12 bits per heavy atom. The van der Waals surface area contributed by atoms with Crippen LogP contribution < -0.4 is 5.32 Å². The number of hydrogen-bond donors (Lipinski definition) is 4. The van der Waals surface area contributed by atoms with Crippen molar-refractivity contribution in [1.82, 2.24) is 5.32 Å². The zero-order valence-corrected chi connectivity index (χ0v) is 23.3. The van der Waals surface area contributed by atoms with Crippen LogP contribution in [0.5, 0.6) is 0 Å². The molecule has 2 aromatic rings. The summed E-state index contributed by atoms with van der Waals surface area (Å²) in [7, 11) is 0. The van der Waals surface area contributed by atoms with Gasteiger partial charge in [-0.1, -0.05) is 55.2 Å². The molecule has 4 atom stereocenters. The fourth-order valence-electron chi connectivity index (χ4n) is 5.19. The monoisotopic (exact) mass is 624 g/mol. The zero-order valence-electron chi connectivity index (χ0n) is 21.8. The number of nitrogens with zero attached hydrogens (tertiary/aromatic N) is 1. The summed E-state index contributed by atoms with van der Waals surface area (Å²) in [5, 5.41) is 40.9. The van der Waals surface area contributed by atoms with Gasteiger partial charge in [-0.3, -0.25) is 10.1 Å². The van der Waals surface area contributed by atoms with Gasteiger partial charge < -0.3 is 15.3 Å². The Labute approximate surface area is 242 Å². The number of carboxylic acid groups (broad SMARTS) is 2. The number of carbonyl (C=O) groups is 2. The summed E-state index contributed by atoms with van der Waals surface area (Å²) in [6.07, 6.45) is -3.85. The molecule has 1 fully saturated rings. The number of carboxylic acids is 2. The van der Waals surface area contributed by atoms with Crippen molar-refractivity contribution in [3.63, 3.8) is 0 Å². The first-order valence-corrected chi connectivity index (χ1v) is 13.0. The molecule has 3 rings (SSSR count). The Balaban J connectivity index is 0.000000745. The van der Waals surface area contributed by atoms with Crippen LogP contribution in [0.1, 0.15) is 50.2 Å². The molecule has 7 nitrogen and oxygen atoms in total. The summed E-state index contributed by atoms with van der Waals surface area (Å²) in [4.78, 5) is 21.3. The lowest BCUT2D eigenvalue weighted by molar-refractivity contribution is -0.192. The average Bonchev–Trinajstić information content (AvgIpc) is 3.23. The van der Waals surface area contributed by atoms with Gasteiger partial charge in [0.2, 0.25) is 0 Å². The largest absolute Gasteiger partial charge is 0.490 e. The number of alkyl halides is 3. The quantitative estimate of drug-likeness (QED) is 0.262. The van der Waals surface area contributed by atoms with E-state index in [0.717, 1.165) is 6.07 Å². The van der Waals surface area contributed by atoms with E-state index in [1.807, 2.05) is 13.8 Å². The predicted octanol–water partition coefficient (Wildman–Crippen LogP) is 6.06. The van der Waals surface area contributed by atoms with E-state index in [9.17, 15) is 33.4 Å². The van der Waals surface area contributed by atoms with Crippen LogP contribution in [0.15, 0.2) is 36.4 Å². The van der Waals surface area contributed by atoms with Gasteiger partial charge in [0.1, 0.15) is 23.1 Å². The third-order valence-corrected chi connectivity index (χ3v) is 8.14. The molecular formula is C27H27Cl2F5N2O5. The van der Waals surface area contributed by atoms with Crippen molar-refractivity contribution in [3.05, 3.63) is 69.2 Å². The summed E-state index contributed by atoms with van der Waals surface area (Å²) in [5.41, 5.74) is -2.70. The number of nitrogens with one attached hydrogen (secondary N) is 1. The molecule has 0 aromatic heterocycles. The third kappa shape index (κ3) is 6.92. The van der Waals surface area contributed by atoms with Gasteiger partial charge in [-0.25, -0.2) is 13.6 Å². The van der Waals surface area contributed by atoms with Crippen LogP contribution in [0.2, 0.25) is 10.0 Å². The predicted molar refractivity (Wildman–Crippen MR) is 140 cm³/mol. The van der Waals surface area contributed by atoms with E-state index in [1.165, 1.54) is 30.3 Å². The van der Waals surface area contributed by atoms with E-state index in [0.29, 0.717) is 12.8 Å². The fourth-order valence-corrected chi connectivity index (χ4v) is 5.53. The van der Waals surface area contributed by atoms with Gasteiger partial charge >= 0.3 is 18.1 Å². The number of rotatable bonds is 8. The molecule has 1 aliphatic rings. The molecule has 4 unspecified atom stereocenters. The van der Waals surface area contributed by atoms with Crippen LogP contribution in [-0.2, 0) is 15.0 Å². The molecule has 0 radical (unpaired) electrons. The van der Waals surface area contributed by atoms with E-state index in [-0.39, 0.29) is 34.2 Å². The van der Waals surface area contributed by atoms with Gasteiger partial charge in [0.25, 0.3) is 0 Å². The van der Waals surface area contributed by atoms with Gasteiger partial charge in [-0.2, -0.15) is 18.4 Å². The number of nitriles is 1. The standard InChI is InChI=1S/C25H26Cl2F2N2O3.C2HF3O2/c1-3-24(4-2,13-32)11-19-25(12-30,16-9-8-14(26)10-18(16)28)20(22(31-19)23(33)34)15-6-5-7-17(27)21(15)29;3-2(4,5)1(6)7/h5-10,19-20,22,31-32H,3-4,11,13H2,1-2H3,(H,33,34);(H,6,7). The van der Waals surface area contributed by atoms with Crippen molar-refractivity contribution in [2.45, 2.75) is 62.7 Å². The van der Waals surface area contributed by atoms with Crippen molar-refractivity contribution in [2.24, 2.45) is 5.41 Å². The molecule has 0 amide bonds. The first-order chi connectivity index (χ1) is 19.0. The Morgan fingerprint density at radius 1 is 1.10 bits per heavy atom. The van der Waals surface area contributed by atoms with Crippen molar-refractivity contribution in [2.75, 3.05) is 6.61 Å². The maximum Gasteiger partial charge on any atom is 0.490 e. The number of aliphatic hydroxyl groups excluding tert-OH is 1. The molecule has 0 saturated carbocycles. The van der Waals surface area contributed by atoms with Crippen molar-refractivity contribution in [1.29, 1.82) is 5.26 Å². The lowest BCUT2D eigenvalue weighted by Crippen LogP contribution is -2.46. The van der Waals surface area contributed by atoms with Crippen LogP contribution >= 0.6 is 23.2 Å². The van der Waals surface area contributed by atoms with Crippen LogP contribution in [0.25, 0.3) is 0 Å². The molecule has 41 heavy (non-hydrogen) atoms. The summed E-state index contributed by atoms with van der Waals surface area (Å²) in [6, 6.07) is 7.78. The maximum absolute atomic E-state index is 15.4. The highest BCUT2D eigenvalue weighted by molar-refractivity contribution is 6.31. The average molecular weight is 625 g/mol. The van der Waals surface area contributed by atoms with Crippen LogP contribution in [-0.4, -0.2) is 52.1 Å². The molecule has 1 saturated heterocycles. The van der Waals surface area contributed by atoms with Gasteiger partial charge in [0.15, 0.2) is 0 Å². The molecule has 1 heterocycles. The van der Waals surface area contributed by atoms with Crippen LogP contribution in [0, 0.1) is 28.4 Å². The molecule has 2 aromatic carbocycles. The van der Waals surface area contributed by atoms with Gasteiger partial charge in [0, 0.05) is 29.2 Å². The summed E-state index contributed by atoms with van der Waals surface area (Å²) >= 11 is 12.0. The highest BCUT2D eigenvalue weighted by atomic mass is 35.5. The smallest absolute Gasteiger partial charge is 0.480 e. The molecule has 0 aliphatic carbocycles. The maximum atomic E-state index is 15.4. The van der Waals surface area contributed by atoms with Crippen LogP contribution in [0.4, 0.5) is 22.0 Å². The minimum atomic E-state index is -5.08. The second-order valence-electron chi connectivity index (χ2n) is 9.63. The first-order valence-electron chi connectivity index (χ1n) is 12.3. The highest BCUT2D eigenvalue weighted by Crippen LogP contribution is 2.53.